The molecule has 0 amide bonds. The molecule has 0 saturated heterocycles. The average Bonchev–Trinajstić information content (AvgIpc) is 2.17. The van der Waals surface area contributed by atoms with Crippen molar-refractivity contribution in [1.29, 1.82) is 0 Å². The highest BCUT2D eigenvalue weighted by Crippen LogP contribution is 2.15. The number of aromatic nitrogens is 2. The highest BCUT2D eigenvalue weighted by molar-refractivity contribution is 6.28. The number of hydrogen-bond donors (Lipinski definition) is 3. The summed E-state index contributed by atoms with van der Waals surface area (Å²) in [5.74, 6) is 0.542. The van der Waals surface area contributed by atoms with Gasteiger partial charge in [0.05, 0.1) is 18.0 Å². The fourth-order valence-electron chi connectivity index (χ4n) is 1.12. The molecular weight excluding hydrogens is 216 g/mol. The maximum Gasteiger partial charge on any atom is 0.224 e. The fourth-order valence-corrected chi connectivity index (χ4v) is 1.25. The molecule has 1 atom stereocenters. The molecule has 0 aromatic carbocycles. The molecule has 0 radical (unpaired) electrons. The molecule has 0 aliphatic carbocycles. The quantitative estimate of drug-likeness (QED) is 0.524. The molecule has 15 heavy (non-hydrogen) atoms. The van der Waals surface area contributed by atoms with E-state index in [1.807, 2.05) is 0 Å². The van der Waals surface area contributed by atoms with Crippen LogP contribution < -0.4 is 11.1 Å². The lowest BCUT2D eigenvalue weighted by molar-refractivity contribution is 0.183. The molecule has 0 aliphatic rings. The number of nitrogens with zero attached hydrogens (tertiary/aromatic N) is 2. The molecule has 0 bridgehead atoms. The number of halogens is 1. The summed E-state index contributed by atoms with van der Waals surface area (Å²) in [6, 6.07) is 0. The first kappa shape index (κ1) is 12.0. The number of anilines is 2. The van der Waals surface area contributed by atoms with E-state index in [0.29, 0.717) is 18.1 Å². The molecular formula is C9H15ClN4O. The lowest BCUT2D eigenvalue weighted by atomic mass is 10.2. The summed E-state index contributed by atoms with van der Waals surface area (Å²) in [7, 11) is 0. The van der Waals surface area contributed by atoms with Crippen LogP contribution in [0.2, 0.25) is 5.28 Å². The summed E-state index contributed by atoms with van der Waals surface area (Å²) in [4.78, 5) is 7.69. The molecule has 1 unspecified atom stereocenters. The summed E-state index contributed by atoms with van der Waals surface area (Å²) < 4.78 is 0. The second-order valence-electron chi connectivity index (χ2n) is 3.36. The Hall–Kier alpha value is -1.07. The van der Waals surface area contributed by atoms with Gasteiger partial charge in [-0.05, 0) is 31.4 Å². The van der Waals surface area contributed by atoms with Crippen LogP contribution in [0.4, 0.5) is 11.5 Å². The molecule has 4 N–H and O–H groups in total. The van der Waals surface area contributed by atoms with Crippen molar-refractivity contribution in [2.45, 2.75) is 25.9 Å². The Labute approximate surface area is 93.7 Å². The highest BCUT2D eigenvalue weighted by Gasteiger charge is 2.02. The molecule has 1 aromatic rings. The van der Waals surface area contributed by atoms with Gasteiger partial charge in [-0.15, -0.1) is 0 Å². The van der Waals surface area contributed by atoms with Gasteiger partial charge >= 0.3 is 0 Å². The highest BCUT2D eigenvalue weighted by atomic mass is 35.5. The third-order valence-corrected chi connectivity index (χ3v) is 2.06. The molecule has 1 heterocycles. The van der Waals surface area contributed by atoms with E-state index in [1.165, 1.54) is 6.20 Å². The van der Waals surface area contributed by atoms with Gasteiger partial charge in [-0.3, -0.25) is 0 Å². The van der Waals surface area contributed by atoms with E-state index in [-0.39, 0.29) is 11.4 Å². The van der Waals surface area contributed by atoms with Gasteiger partial charge < -0.3 is 16.2 Å². The third-order valence-electron chi connectivity index (χ3n) is 1.88. The Morgan fingerprint density at radius 3 is 3.07 bits per heavy atom. The van der Waals surface area contributed by atoms with Crippen molar-refractivity contribution in [3.05, 3.63) is 11.5 Å². The van der Waals surface area contributed by atoms with Gasteiger partial charge in [-0.2, -0.15) is 4.98 Å². The van der Waals surface area contributed by atoms with Crippen LogP contribution >= 0.6 is 11.6 Å². The summed E-state index contributed by atoms with van der Waals surface area (Å²) in [6.45, 7) is 2.46. The summed E-state index contributed by atoms with van der Waals surface area (Å²) in [5.41, 5.74) is 6.10. The van der Waals surface area contributed by atoms with E-state index in [0.717, 1.165) is 12.8 Å². The van der Waals surface area contributed by atoms with E-state index in [2.05, 4.69) is 15.3 Å². The molecule has 84 valence electrons. The number of hydrogen-bond acceptors (Lipinski definition) is 5. The predicted octanol–water partition coefficient (Wildman–Crippen LogP) is 1.29. The molecule has 0 aliphatic heterocycles. The third kappa shape index (κ3) is 4.31. The van der Waals surface area contributed by atoms with Gasteiger partial charge in [0, 0.05) is 6.54 Å². The van der Waals surface area contributed by atoms with Crippen LogP contribution in [0.25, 0.3) is 0 Å². The number of nitrogen functional groups attached to an aromatic ring is 1. The van der Waals surface area contributed by atoms with Gasteiger partial charge in [-0.25, -0.2) is 4.98 Å². The minimum absolute atomic E-state index is 0.169. The zero-order valence-corrected chi connectivity index (χ0v) is 9.33. The summed E-state index contributed by atoms with van der Waals surface area (Å²) in [5, 5.41) is 12.3. The van der Waals surface area contributed by atoms with Crippen LogP contribution in [0.15, 0.2) is 6.20 Å². The Bertz CT molecular complexity index is 319. The van der Waals surface area contributed by atoms with Gasteiger partial charge in [0.15, 0.2) is 5.82 Å². The van der Waals surface area contributed by atoms with Crippen LogP contribution in [-0.2, 0) is 0 Å². The van der Waals surface area contributed by atoms with Crippen LogP contribution in [0.1, 0.15) is 19.8 Å². The molecule has 0 fully saturated rings. The standard InChI is InChI=1S/C9H15ClN4O/c1-6(15)3-2-4-12-8-7(11)5-13-9(10)14-8/h5-6,15H,2-4,11H2,1H3,(H,12,13,14). The monoisotopic (exact) mass is 230 g/mol. The average molecular weight is 231 g/mol. The maximum atomic E-state index is 9.05. The minimum Gasteiger partial charge on any atom is -0.394 e. The molecule has 1 rings (SSSR count). The number of nitrogens with two attached hydrogens (primary N) is 1. The fraction of sp³-hybridized carbons (Fsp3) is 0.556. The Kier molecular flexibility index (Phi) is 4.58. The maximum absolute atomic E-state index is 9.05. The van der Waals surface area contributed by atoms with Crippen molar-refractivity contribution in [2.24, 2.45) is 0 Å². The summed E-state index contributed by atoms with van der Waals surface area (Å²) >= 11 is 5.62. The van der Waals surface area contributed by atoms with E-state index < -0.39 is 0 Å². The van der Waals surface area contributed by atoms with Crippen molar-refractivity contribution >= 4 is 23.1 Å². The largest absolute Gasteiger partial charge is 0.394 e. The molecule has 0 saturated carbocycles. The first-order valence-corrected chi connectivity index (χ1v) is 5.17. The van der Waals surface area contributed by atoms with Crippen molar-refractivity contribution in [1.82, 2.24) is 9.97 Å². The SMILES string of the molecule is CC(O)CCCNc1nc(Cl)ncc1N. The zero-order chi connectivity index (χ0) is 11.3. The van der Waals surface area contributed by atoms with E-state index in [1.54, 1.807) is 6.92 Å². The van der Waals surface area contributed by atoms with Crippen molar-refractivity contribution in [3.63, 3.8) is 0 Å². The van der Waals surface area contributed by atoms with Crippen LogP contribution in [0.3, 0.4) is 0 Å². The van der Waals surface area contributed by atoms with Crippen LogP contribution in [-0.4, -0.2) is 27.7 Å². The normalized spacial score (nSPS) is 12.5. The topological polar surface area (TPSA) is 84.1 Å². The zero-order valence-electron chi connectivity index (χ0n) is 8.57. The van der Waals surface area contributed by atoms with Gasteiger partial charge in [-0.1, -0.05) is 0 Å². The molecule has 0 spiro atoms. The lowest BCUT2D eigenvalue weighted by Crippen LogP contribution is -2.09. The minimum atomic E-state index is -0.280. The van der Waals surface area contributed by atoms with Crippen molar-refractivity contribution in [2.75, 3.05) is 17.6 Å². The number of nitrogens with one attached hydrogen (secondary N) is 1. The Morgan fingerprint density at radius 1 is 1.67 bits per heavy atom. The molecule has 1 aromatic heterocycles. The smallest absolute Gasteiger partial charge is 0.224 e. The van der Waals surface area contributed by atoms with E-state index >= 15 is 0 Å². The first-order chi connectivity index (χ1) is 7.09. The van der Waals surface area contributed by atoms with Crippen LogP contribution in [0, 0.1) is 0 Å². The first-order valence-electron chi connectivity index (χ1n) is 4.79. The van der Waals surface area contributed by atoms with Gasteiger partial charge in [0.25, 0.3) is 0 Å². The predicted molar refractivity (Wildman–Crippen MR) is 60.9 cm³/mol. The van der Waals surface area contributed by atoms with Gasteiger partial charge in [0.1, 0.15) is 0 Å². The van der Waals surface area contributed by atoms with E-state index in [4.69, 9.17) is 22.4 Å². The van der Waals surface area contributed by atoms with Crippen molar-refractivity contribution < 1.29 is 5.11 Å². The van der Waals surface area contributed by atoms with Crippen molar-refractivity contribution in [3.8, 4) is 0 Å². The van der Waals surface area contributed by atoms with E-state index in [9.17, 15) is 0 Å². The Morgan fingerprint density at radius 2 is 2.40 bits per heavy atom. The summed E-state index contributed by atoms with van der Waals surface area (Å²) in [6.07, 6.45) is 2.77. The number of rotatable bonds is 5. The number of aliphatic hydroxyl groups excluding tert-OH is 1. The molecule has 5 nitrogen and oxygen atoms in total. The molecule has 6 heteroatoms. The second kappa shape index (κ2) is 5.72. The number of aliphatic hydroxyl groups is 1. The Balaban J connectivity index is 2.40. The second-order valence-corrected chi connectivity index (χ2v) is 3.70. The van der Waals surface area contributed by atoms with Crippen LogP contribution in [0.5, 0.6) is 0 Å². The lowest BCUT2D eigenvalue weighted by Gasteiger charge is -2.08. The van der Waals surface area contributed by atoms with Gasteiger partial charge in [0.2, 0.25) is 5.28 Å².